The van der Waals surface area contributed by atoms with E-state index in [2.05, 4.69) is 23.6 Å². The van der Waals surface area contributed by atoms with E-state index in [1.807, 2.05) is 0 Å². The van der Waals surface area contributed by atoms with E-state index in [9.17, 15) is 0 Å². The second kappa shape index (κ2) is 3.38. The molecule has 1 heterocycles. The molecule has 0 unspecified atom stereocenters. The van der Waals surface area contributed by atoms with Gasteiger partial charge in [0.1, 0.15) is 5.82 Å². The van der Waals surface area contributed by atoms with E-state index in [1.54, 1.807) is 0 Å². The molecule has 0 atom stereocenters. The Morgan fingerprint density at radius 2 is 2.67 bits per heavy atom. The van der Waals surface area contributed by atoms with Crippen LogP contribution < -0.4 is 10.6 Å². The molecule has 0 aromatic carbocycles. The predicted octanol–water partition coefficient (Wildman–Crippen LogP) is 0.835. The molecule has 1 rings (SSSR count). The van der Waals surface area contributed by atoms with Gasteiger partial charge in [-0.05, 0) is 18.9 Å². The summed E-state index contributed by atoms with van der Waals surface area (Å²) in [4.78, 5) is 0. The van der Waals surface area contributed by atoms with E-state index in [0.717, 1.165) is 25.3 Å². The average Bonchev–Trinajstić information content (AvgIpc) is 2.34. The largest absolute Gasteiger partial charge is 0.371 e. The van der Waals surface area contributed by atoms with Gasteiger partial charge in [0.15, 0.2) is 0 Å². The van der Waals surface area contributed by atoms with Crippen molar-refractivity contribution in [3.8, 4) is 0 Å². The smallest absolute Gasteiger partial charge is 0.116 e. The molecule has 1 N–H and O–H groups in total. The normalized spacial score (nSPS) is 16.8. The van der Waals surface area contributed by atoms with Crippen LogP contribution in [0.3, 0.4) is 0 Å². The van der Waals surface area contributed by atoms with Gasteiger partial charge in [-0.15, -0.1) is 0 Å². The summed E-state index contributed by atoms with van der Waals surface area (Å²) in [5.41, 5.74) is 0. The fourth-order valence-corrected chi connectivity index (χ4v) is 0.832. The molecule has 0 fully saturated rings. The summed E-state index contributed by atoms with van der Waals surface area (Å²) in [6, 6.07) is 0. The monoisotopic (exact) mass is 125 g/mol. The van der Waals surface area contributed by atoms with E-state index in [1.165, 1.54) is 6.42 Å². The van der Waals surface area contributed by atoms with Crippen molar-refractivity contribution in [1.82, 2.24) is 10.6 Å². The van der Waals surface area contributed by atoms with E-state index in [4.69, 9.17) is 0 Å². The molecule has 0 saturated heterocycles. The van der Waals surface area contributed by atoms with E-state index < -0.39 is 0 Å². The van der Waals surface area contributed by atoms with E-state index >= 15 is 0 Å². The topological polar surface area (TPSA) is 26.1 Å². The fraction of sp³-hybridized carbons (Fsp3) is 0.714. The summed E-state index contributed by atoms with van der Waals surface area (Å²) >= 11 is 0. The van der Waals surface area contributed by atoms with Crippen molar-refractivity contribution in [2.75, 3.05) is 13.1 Å². The number of nitrogens with zero attached hydrogens (tertiary/aromatic N) is 1. The Morgan fingerprint density at radius 3 is 3.22 bits per heavy atom. The van der Waals surface area contributed by atoms with E-state index in [0.29, 0.717) is 0 Å². The van der Waals surface area contributed by atoms with Gasteiger partial charge in [-0.1, -0.05) is 6.92 Å². The first-order chi connectivity index (χ1) is 4.43. The van der Waals surface area contributed by atoms with Crippen LogP contribution in [0.4, 0.5) is 0 Å². The summed E-state index contributed by atoms with van der Waals surface area (Å²) < 4.78 is 0. The first kappa shape index (κ1) is 6.46. The number of hydrogen-bond acceptors (Lipinski definition) is 1. The maximum absolute atomic E-state index is 4.22. The third kappa shape index (κ3) is 1.96. The van der Waals surface area contributed by atoms with Crippen LogP contribution in [0.15, 0.2) is 11.9 Å². The lowest BCUT2D eigenvalue weighted by Crippen LogP contribution is -2.18. The van der Waals surface area contributed by atoms with Gasteiger partial charge >= 0.3 is 0 Å². The summed E-state index contributed by atoms with van der Waals surface area (Å²) in [5, 5.41) is 7.45. The Labute approximate surface area is 56.3 Å². The second-order valence-corrected chi connectivity index (χ2v) is 2.19. The molecule has 1 radical (unpaired) electrons. The maximum Gasteiger partial charge on any atom is 0.116 e. The molecule has 0 spiro atoms. The van der Waals surface area contributed by atoms with Crippen molar-refractivity contribution < 1.29 is 0 Å². The first-order valence-corrected chi connectivity index (χ1v) is 3.55. The molecular formula is C7H13N2. The SMILES string of the molecule is CCCNC1=CCC[N]1. The minimum atomic E-state index is 0.978. The standard InChI is InChI=1S/C7H13N2/c1-2-5-8-7-4-3-6-9-7/h4,8H,2-3,5-6H2,1H3. The highest BCUT2D eigenvalue weighted by Gasteiger charge is 2.01. The molecule has 0 saturated carbocycles. The van der Waals surface area contributed by atoms with Crippen molar-refractivity contribution >= 4 is 0 Å². The van der Waals surface area contributed by atoms with Crippen molar-refractivity contribution in [3.63, 3.8) is 0 Å². The predicted molar refractivity (Wildman–Crippen MR) is 38.0 cm³/mol. The molecule has 0 amide bonds. The van der Waals surface area contributed by atoms with Gasteiger partial charge in [0, 0.05) is 13.1 Å². The van der Waals surface area contributed by atoms with Gasteiger partial charge in [-0.2, -0.15) is 0 Å². The average molecular weight is 125 g/mol. The van der Waals surface area contributed by atoms with Crippen LogP contribution in [-0.2, 0) is 0 Å². The zero-order valence-corrected chi connectivity index (χ0v) is 5.85. The molecule has 0 bridgehead atoms. The van der Waals surface area contributed by atoms with Crippen LogP contribution in [0.2, 0.25) is 0 Å². The Balaban J connectivity index is 2.11. The Morgan fingerprint density at radius 1 is 1.78 bits per heavy atom. The number of hydrogen-bond donors (Lipinski definition) is 1. The lowest BCUT2D eigenvalue weighted by Gasteiger charge is -2.02. The summed E-state index contributed by atoms with van der Waals surface area (Å²) in [6.45, 7) is 4.18. The van der Waals surface area contributed by atoms with Gasteiger partial charge in [0.25, 0.3) is 0 Å². The summed E-state index contributed by atoms with van der Waals surface area (Å²) in [5.74, 6) is 1.09. The van der Waals surface area contributed by atoms with Crippen molar-refractivity contribution in [3.05, 3.63) is 11.9 Å². The molecule has 2 nitrogen and oxygen atoms in total. The molecule has 0 aliphatic carbocycles. The van der Waals surface area contributed by atoms with Crippen molar-refractivity contribution in [2.24, 2.45) is 0 Å². The van der Waals surface area contributed by atoms with Gasteiger partial charge < -0.3 is 5.32 Å². The molecule has 51 valence electrons. The Hall–Kier alpha value is -0.660. The molecule has 9 heavy (non-hydrogen) atoms. The quantitative estimate of drug-likeness (QED) is 0.594. The lowest BCUT2D eigenvalue weighted by molar-refractivity contribution is 0.701. The number of rotatable bonds is 3. The zero-order valence-electron chi connectivity index (χ0n) is 5.85. The second-order valence-electron chi connectivity index (χ2n) is 2.19. The van der Waals surface area contributed by atoms with Crippen LogP contribution >= 0.6 is 0 Å². The lowest BCUT2D eigenvalue weighted by atomic mass is 10.4. The van der Waals surface area contributed by atoms with Crippen LogP contribution in [0.1, 0.15) is 19.8 Å². The minimum Gasteiger partial charge on any atom is -0.371 e. The first-order valence-electron chi connectivity index (χ1n) is 3.55. The van der Waals surface area contributed by atoms with Gasteiger partial charge in [0.05, 0.1) is 0 Å². The molecular weight excluding hydrogens is 112 g/mol. The summed E-state index contributed by atoms with van der Waals surface area (Å²) in [6.07, 6.45) is 4.44. The Kier molecular flexibility index (Phi) is 2.43. The molecule has 1 aliphatic heterocycles. The highest BCUT2D eigenvalue weighted by atomic mass is 15.1. The Bertz CT molecular complexity index is 107. The van der Waals surface area contributed by atoms with Crippen LogP contribution in [0, 0.1) is 0 Å². The van der Waals surface area contributed by atoms with Crippen LogP contribution in [0.5, 0.6) is 0 Å². The molecule has 0 aromatic rings. The van der Waals surface area contributed by atoms with Gasteiger partial charge in [-0.3, -0.25) is 5.32 Å². The number of nitrogens with one attached hydrogen (secondary N) is 1. The molecule has 0 aromatic heterocycles. The molecule has 2 heteroatoms. The third-order valence-electron chi connectivity index (χ3n) is 1.31. The van der Waals surface area contributed by atoms with Gasteiger partial charge in [-0.25, -0.2) is 0 Å². The maximum atomic E-state index is 4.22. The third-order valence-corrected chi connectivity index (χ3v) is 1.31. The highest BCUT2D eigenvalue weighted by molar-refractivity contribution is 5.02. The van der Waals surface area contributed by atoms with Crippen LogP contribution in [0.25, 0.3) is 0 Å². The zero-order chi connectivity index (χ0) is 6.53. The highest BCUT2D eigenvalue weighted by Crippen LogP contribution is 1.98. The fourth-order valence-electron chi connectivity index (χ4n) is 0.832. The van der Waals surface area contributed by atoms with Gasteiger partial charge in [0.2, 0.25) is 0 Å². The van der Waals surface area contributed by atoms with Crippen molar-refractivity contribution in [2.45, 2.75) is 19.8 Å². The minimum absolute atomic E-state index is 0.978. The van der Waals surface area contributed by atoms with E-state index in [-0.39, 0.29) is 0 Å². The summed E-state index contributed by atoms with van der Waals surface area (Å²) in [7, 11) is 0. The van der Waals surface area contributed by atoms with Crippen molar-refractivity contribution in [1.29, 1.82) is 0 Å². The molecule has 1 aliphatic rings. The van der Waals surface area contributed by atoms with Crippen LogP contribution in [-0.4, -0.2) is 13.1 Å².